The molecule has 33 heavy (non-hydrogen) atoms. The molecular formula is C23H19N7O3. The van der Waals surface area contributed by atoms with Crippen molar-refractivity contribution in [2.24, 2.45) is 0 Å². The summed E-state index contributed by atoms with van der Waals surface area (Å²) in [4.78, 5) is 22.8. The average molecular weight is 441 g/mol. The van der Waals surface area contributed by atoms with Gasteiger partial charge in [-0.1, -0.05) is 24.3 Å². The number of ether oxygens (including phenoxy) is 1. The lowest BCUT2D eigenvalue weighted by molar-refractivity contribution is 0.0827. The first-order valence-electron chi connectivity index (χ1n) is 10.0. The average Bonchev–Trinajstić information content (AvgIpc) is 3.42. The molecule has 2 aromatic carbocycles. The van der Waals surface area contributed by atoms with Crippen LogP contribution in [0, 0.1) is 0 Å². The van der Waals surface area contributed by atoms with Gasteiger partial charge in [0.05, 0.1) is 11.7 Å². The van der Waals surface area contributed by atoms with E-state index in [1.807, 2.05) is 34.9 Å². The summed E-state index contributed by atoms with van der Waals surface area (Å²) in [7, 11) is 3.40. The molecule has 1 amide bonds. The highest BCUT2D eigenvalue weighted by atomic mass is 16.6. The highest BCUT2D eigenvalue weighted by Gasteiger charge is 2.21. The van der Waals surface area contributed by atoms with E-state index in [9.17, 15) is 4.79 Å². The lowest BCUT2D eigenvalue weighted by atomic mass is 10.2. The van der Waals surface area contributed by atoms with Crippen LogP contribution in [-0.4, -0.2) is 49.8 Å². The molecule has 0 aliphatic carbocycles. The molecule has 0 bridgehead atoms. The van der Waals surface area contributed by atoms with E-state index in [0.717, 1.165) is 11.2 Å². The van der Waals surface area contributed by atoms with Crippen LogP contribution in [0.15, 0.2) is 71.5 Å². The van der Waals surface area contributed by atoms with E-state index in [2.05, 4.69) is 20.3 Å². The van der Waals surface area contributed by atoms with E-state index in [0.29, 0.717) is 34.2 Å². The van der Waals surface area contributed by atoms with Crippen LogP contribution in [0.2, 0.25) is 0 Å². The molecule has 0 fully saturated rings. The smallest absolute Gasteiger partial charge is 0.253 e. The van der Waals surface area contributed by atoms with E-state index in [4.69, 9.17) is 15.1 Å². The standard InChI is InChI=1S/C23H19N7O3/c1-29(2)23(31)14-7-6-10-16(11-14)32-19-12-18-17(13-25-19)26-22(20-21(24)28-33-27-20)30(18)15-8-4-3-5-9-15/h3-13H,1-2H3,(H2,24,28). The highest BCUT2D eigenvalue weighted by molar-refractivity contribution is 5.94. The van der Waals surface area contributed by atoms with Crippen LogP contribution in [0.25, 0.3) is 28.2 Å². The first-order chi connectivity index (χ1) is 16.0. The maximum absolute atomic E-state index is 12.3. The summed E-state index contributed by atoms with van der Waals surface area (Å²) in [5, 5.41) is 7.59. The molecule has 0 saturated carbocycles. The number of carbonyl (C=O) groups is 1. The first-order valence-corrected chi connectivity index (χ1v) is 10.0. The van der Waals surface area contributed by atoms with E-state index in [1.165, 1.54) is 4.90 Å². The Morgan fingerprint density at radius 1 is 1.06 bits per heavy atom. The number of rotatable bonds is 5. The van der Waals surface area contributed by atoms with Gasteiger partial charge < -0.3 is 15.4 Å². The largest absolute Gasteiger partial charge is 0.439 e. The van der Waals surface area contributed by atoms with E-state index in [-0.39, 0.29) is 11.7 Å². The third-order valence-corrected chi connectivity index (χ3v) is 4.97. The first kappa shape index (κ1) is 20.2. The number of pyridine rings is 1. The Labute approximate surface area is 188 Å². The number of carbonyl (C=O) groups excluding carboxylic acids is 1. The van der Waals surface area contributed by atoms with Crippen LogP contribution >= 0.6 is 0 Å². The second-order valence-electron chi connectivity index (χ2n) is 7.45. The number of amides is 1. The van der Waals surface area contributed by atoms with Crippen LogP contribution in [-0.2, 0) is 0 Å². The van der Waals surface area contributed by atoms with Crippen LogP contribution in [0.3, 0.4) is 0 Å². The fraction of sp³-hybridized carbons (Fsp3) is 0.0870. The number of fused-ring (bicyclic) bond motifs is 1. The molecule has 0 aliphatic heterocycles. The Bertz CT molecular complexity index is 1460. The minimum Gasteiger partial charge on any atom is -0.439 e. The van der Waals surface area contributed by atoms with Gasteiger partial charge in [-0.05, 0) is 40.6 Å². The quantitative estimate of drug-likeness (QED) is 0.439. The zero-order valence-corrected chi connectivity index (χ0v) is 17.8. The topological polar surface area (TPSA) is 125 Å². The van der Waals surface area contributed by atoms with Gasteiger partial charge in [-0.25, -0.2) is 14.6 Å². The summed E-state index contributed by atoms with van der Waals surface area (Å²) in [5.41, 5.74) is 8.96. The molecule has 10 nitrogen and oxygen atoms in total. The molecule has 0 unspecified atom stereocenters. The summed E-state index contributed by atoms with van der Waals surface area (Å²) in [5.74, 6) is 1.31. The maximum atomic E-state index is 12.3. The Morgan fingerprint density at radius 3 is 2.61 bits per heavy atom. The summed E-state index contributed by atoms with van der Waals surface area (Å²) in [6.45, 7) is 0. The number of nitrogens with two attached hydrogens (primary N) is 1. The molecule has 0 atom stereocenters. The molecule has 0 spiro atoms. The predicted octanol–water partition coefficient (Wildman–Crippen LogP) is 3.55. The summed E-state index contributed by atoms with van der Waals surface area (Å²) < 4.78 is 12.6. The van der Waals surface area contributed by atoms with Gasteiger partial charge in [0, 0.05) is 31.4 Å². The molecule has 0 radical (unpaired) electrons. The van der Waals surface area contributed by atoms with E-state index < -0.39 is 0 Å². The minimum absolute atomic E-state index is 0.116. The number of nitrogen functional groups attached to an aromatic ring is 1. The lowest BCUT2D eigenvalue weighted by Gasteiger charge is -2.12. The van der Waals surface area contributed by atoms with Crippen molar-refractivity contribution in [1.82, 2.24) is 29.7 Å². The van der Waals surface area contributed by atoms with Gasteiger partial charge in [-0.15, -0.1) is 0 Å². The van der Waals surface area contributed by atoms with Gasteiger partial charge in [-0.2, -0.15) is 0 Å². The minimum atomic E-state index is -0.116. The molecule has 2 N–H and O–H groups in total. The van der Waals surface area contributed by atoms with Gasteiger partial charge >= 0.3 is 0 Å². The van der Waals surface area contributed by atoms with Crippen molar-refractivity contribution in [2.45, 2.75) is 0 Å². The zero-order chi connectivity index (χ0) is 22.9. The second-order valence-corrected chi connectivity index (χ2v) is 7.45. The summed E-state index contributed by atoms with van der Waals surface area (Å²) >= 11 is 0. The Hall–Kier alpha value is -4.73. The molecule has 0 aliphatic rings. The molecule has 0 saturated heterocycles. The van der Waals surface area contributed by atoms with Crippen molar-refractivity contribution in [1.29, 1.82) is 0 Å². The van der Waals surface area contributed by atoms with Crippen molar-refractivity contribution < 1.29 is 14.2 Å². The van der Waals surface area contributed by atoms with Crippen molar-refractivity contribution in [3.05, 3.63) is 72.4 Å². The third kappa shape index (κ3) is 3.74. The lowest BCUT2D eigenvalue weighted by Crippen LogP contribution is -2.21. The SMILES string of the molecule is CN(C)C(=O)c1cccc(Oc2cc3c(cn2)nc(-c2nonc2N)n3-c2ccccc2)c1. The number of imidazole rings is 1. The van der Waals surface area contributed by atoms with Crippen molar-refractivity contribution in [2.75, 3.05) is 19.8 Å². The normalized spacial score (nSPS) is 11.0. The summed E-state index contributed by atoms with van der Waals surface area (Å²) in [6.07, 6.45) is 1.60. The van der Waals surface area contributed by atoms with Crippen molar-refractivity contribution in [3.8, 4) is 28.8 Å². The fourth-order valence-electron chi connectivity index (χ4n) is 3.44. The Balaban J connectivity index is 1.60. The molecule has 3 aromatic heterocycles. The van der Waals surface area contributed by atoms with Crippen molar-refractivity contribution >= 4 is 22.8 Å². The molecule has 10 heteroatoms. The van der Waals surface area contributed by atoms with Gasteiger partial charge in [-0.3, -0.25) is 9.36 Å². The maximum Gasteiger partial charge on any atom is 0.253 e. The highest BCUT2D eigenvalue weighted by Crippen LogP contribution is 2.32. The summed E-state index contributed by atoms with van der Waals surface area (Å²) in [6, 6.07) is 18.3. The number of benzene rings is 2. The number of hydrogen-bond acceptors (Lipinski definition) is 8. The van der Waals surface area contributed by atoms with Gasteiger partial charge in [0.25, 0.3) is 5.91 Å². The number of para-hydroxylation sites is 1. The van der Waals surface area contributed by atoms with E-state index >= 15 is 0 Å². The van der Waals surface area contributed by atoms with Gasteiger partial charge in [0.2, 0.25) is 5.88 Å². The van der Waals surface area contributed by atoms with E-state index in [1.54, 1.807) is 50.6 Å². The molecular weight excluding hydrogens is 422 g/mol. The molecule has 5 aromatic rings. The van der Waals surface area contributed by atoms with Gasteiger partial charge in [0.1, 0.15) is 11.3 Å². The molecule has 5 rings (SSSR count). The predicted molar refractivity (Wildman–Crippen MR) is 121 cm³/mol. The number of hydrogen-bond donors (Lipinski definition) is 1. The number of anilines is 1. The fourth-order valence-corrected chi connectivity index (χ4v) is 3.44. The van der Waals surface area contributed by atoms with Crippen LogP contribution in [0.4, 0.5) is 5.82 Å². The van der Waals surface area contributed by atoms with Crippen molar-refractivity contribution in [3.63, 3.8) is 0 Å². The molecule has 164 valence electrons. The molecule has 3 heterocycles. The second kappa shape index (κ2) is 8.08. The van der Waals surface area contributed by atoms with Crippen LogP contribution in [0.1, 0.15) is 10.4 Å². The zero-order valence-electron chi connectivity index (χ0n) is 17.8. The third-order valence-electron chi connectivity index (χ3n) is 4.97. The Kier molecular flexibility index (Phi) is 4.94. The van der Waals surface area contributed by atoms with Gasteiger partial charge in [0.15, 0.2) is 17.3 Å². The number of aromatic nitrogens is 5. The Morgan fingerprint density at radius 2 is 1.88 bits per heavy atom. The van der Waals surface area contributed by atoms with Crippen LogP contribution < -0.4 is 10.5 Å². The van der Waals surface area contributed by atoms with Crippen LogP contribution in [0.5, 0.6) is 11.6 Å². The monoisotopic (exact) mass is 441 g/mol. The number of nitrogens with zero attached hydrogens (tertiary/aromatic N) is 6.